The van der Waals surface area contributed by atoms with E-state index in [-0.39, 0.29) is 43.0 Å². The van der Waals surface area contributed by atoms with Crippen LogP contribution in [0.4, 0.5) is 9.59 Å². The van der Waals surface area contributed by atoms with Crippen molar-refractivity contribution in [2.24, 2.45) is 16.3 Å². The smallest absolute Gasteiger partial charge is 0.437 e. The van der Waals surface area contributed by atoms with E-state index < -0.39 is 28.3 Å². The molecule has 0 aromatic heterocycles. The third kappa shape index (κ3) is 12.5. The van der Waals surface area contributed by atoms with Gasteiger partial charge in [0.15, 0.2) is 0 Å². The maximum atomic E-state index is 14.0. The maximum Gasteiger partial charge on any atom is 0.437 e. The molecule has 1 aliphatic heterocycles. The number of nitrogens with zero attached hydrogens (tertiary/aromatic N) is 2. The third-order valence-corrected chi connectivity index (χ3v) is 11.7. The average molecular weight is 794 g/mol. The molecule has 3 amide bonds. The van der Waals surface area contributed by atoms with Crippen molar-refractivity contribution >= 4 is 45.7 Å². The van der Waals surface area contributed by atoms with Gasteiger partial charge in [-0.05, 0) is 78.7 Å². The van der Waals surface area contributed by atoms with E-state index in [1.807, 2.05) is 60.7 Å². The molecule has 2 atom stereocenters. The Morgan fingerprint density at radius 2 is 1.44 bits per heavy atom. The van der Waals surface area contributed by atoms with Crippen LogP contribution in [0.15, 0.2) is 89.9 Å². The third-order valence-electron chi connectivity index (χ3n) is 10.7. The molecule has 3 aromatic carbocycles. The van der Waals surface area contributed by atoms with Crippen LogP contribution in [-0.2, 0) is 43.9 Å². The second kappa shape index (κ2) is 19.9. The summed E-state index contributed by atoms with van der Waals surface area (Å²) in [5, 5.41) is 6.66. The summed E-state index contributed by atoms with van der Waals surface area (Å²) in [6.07, 6.45) is 6.83. The van der Waals surface area contributed by atoms with Crippen molar-refractivity contribution in [2.75, 3.05) is 19.3 Å². The fourth-order valence-electron chi connectivity index (χ4n) is 7.99. The Bertz CT molecular complexity index is 1850. The largest absolute Gasteiger partial charge is 0.444 e. The van der Waals surface area contributed by atoms with E-state index in [4.69, 9.17) is 21.1 Å². The summed E-state index contributed by atoms with van der Waals surface area (Å²) in [5.41, 5.74) is 2.05. The molecule has 2 unspecified atom stereocenters. The zero-order chi connectivity index (χ0) is 39.3. The van der Waals surface area contributed by atoms with Crippen LogP contribution < -0.4 is 15.4 Å². The van der Waals surface area contributed by atoms with E-state index in [0.717, 1.165) is 55.1 Å². The molecular formula is C41H52ClN5O7S. The first-order valence-electron chi connectivity index (χ1n) is 19.0. The number of carbonyl (C=O) groups excluding carboxylic acids is 3. The molecule has 2 fully saturated rings. The number of sulfonamides is 1. The Hall–Kier alpha value is -4.46. The number of hydrogen-bond acceptors (Lipinski definition) is 7. The molecule has 14 heteroatoms. The number of halogens is 1. The van der Waals surface area contributed by atoms with Gasteiger partial charge in [-0.3, -0.25) is 10.1 Å². The number of benzene rings is 3. The van der Waals surface area contributed by atoms with E-state index in [2.05, 4.69) is 27.3 Å². The molecule has 296 valence electrons. The number of nitrogens with one attached hydrogen (secondary N) is 3. The molecule has 1 aliphatic carbocycles. The minimum atomic E-state index is -3.70. The number of likely N-dealkylation sites (tertiary alicyclic amines) is 1. The van der Waals surface area contributed by atoms with Gasteiger partial charge in [-0.2, -0.15) is 0 Å². The normalized spacial score (nSPS) is 17.4. The van der Waals surface area contributed by atoms with Gasteiger partial charge < -0.3 is 19.7 Å². The molecule has 0 spiro atoms. The van der Waals surface area contributed by atoms with Crippen LogP contribution in [0.25, 0.3) is 0 Å². The Morgan fingerprint density at radius 3 is 2.00 bits per heavy atom. The predicted octanol–water partition coefficient (Wildman–Crippen LogP) is 6.98. The monoisotopic (exact) mass is 793 g/mol. The first kappa shape index (κ1) is 41.7. The molecule has 5 rings (SSSR count). The van der Waals surface area contributed by atoms with Gasteiger partial charge in [-0.25, -0.2) is 22.7 Å². The van der Waals surface area contributed by atoms with Crippen LogP contribution in [0.2, 0.25) is 5.02 Å². The number of alkyl carbamates (subject to hydrolysis) is 1. The zero-order valence-electron chi connectivity index (χ0n) is 31.5. The number of amides is 3. The Labute approximate surface area is 329 Å². The predicted molar refractivity (Wildman–Crippen MR) is 213 cm³/mol. The van der Waals surface area contributed by atoms with Gasteiger partial charge in [0.25, 0.3) is 0 Å². The van der Waals surface area contributed by atoms with Gasteiger partial charge in [0.1, 0.15) is 19.3 Å². The van der Waals surface area contributed by atoms with Crippen molar-refractivity contribution in [1.82, 2.24) is 20.3 Å². The summed E-state index contributed by atoms with van der Waals surface area (Å²) < 4.78 is 38.3. The highest BCUT2D eigenvalue weighted by atomic mass is 35.5. The maximum absolute atomic E-state index is 14.0. The molecule has 12 nitrogen and oxygen atoms in total. The van der Waals surface area contributed by atoms with Crippen LogP contribution in [0.1, 0.15) is 75.0 Å². The molecule has 1 heterocycles. The standard InChI is InChI=1S/C41H52ClN5O7S/c1-3-36(43-38(44-39(49)53-28-31-13-7-4-8-14-31)45-40(50)54-29-32-15-9-5-10-16-32)41(33-17-11-6-12-18-33)23-25-47(26-24-41)37(48)35(46-55(2,51)52)27-30-19-21-34(42)22-20-30/h4-5,7-10,13-16,19-22,33,35-36,46H,3,6,11-12,17-18,23-29H2,1-2H3,(H2,43,44,45,49,50). The molecule has 0 radical (unpaired) electrons. The summed E-state index contributed by atoms with van der Waals surface area (Å²) >= 11 is 6.07. The van der Waals surface area contributed by atoms with Crippen molar-refractivity contribution in [2.45, 2.75) is 90.0 Å². The fourth-order valence-corrected chi connectivity index (χ4v) is 8.82. The van der Waals surface area contributed by atoms with E-state index in [9.17, 15) is 22.8 Å². The Morgan fingerprint density at radius 1 is 0.855 bits per heavy atom. The zero-order valence-corrected chi connectivity index (χ0v) is 33.1. The van der Waals surface area contributed by atoms with Gasteiger partial charge in [0, 0.05) is 24.2 Å². The highest BCUT2D eigenvalue weighted by molar-refractivity contribution is 7.88. The SMILES string of the molecule is CCC(N/C(=N\C(=O)OCc1ccccc1)NC(=O)OCc1ccccc1)C1(C2CCCCC2)CCN(C(=O)C(Cc2ccc(Cl)cc2)NS(C)(=O)=O)CC1. The lowest BCUT2D eigenvalue weighted by molar-refractivity contribution is -0.137. The second-order valence-electron chi connectivity index (χ2n) is 14.5. The van der Waals surface area contributed by atoms with Gasteiger partial charge in [0.2, 0.25) is 21.9 Å². The van der Waals surface area contributed by atoms with Crippen LogP contribution in [0.5, 0.6) is 0 Å². The van der Waals surface area contributed by atoms with Gasteiger partial charge in [-0.1, -0.05) is 111 Å². The summed E-state index contributed by atoms with van der Waals surface area (Å²) in [6, 6.07) is 24.3. The lowest BCUT2D eigenvalue weighted by Crippen LogP contribution is -2.60. The topological polar surface area (TPSA) is 155 Å². The number of piperidine rings is 1. The summed E-state index contributed by atoms with van der Waals surface area (Å²) in [5.74, 6) is -0.0480. The molecular weight excluding hydrogens is 742 g/mol. The van der Waals surface area contributed by atoms with Crippen molar-refractivity contribution in [3.63, 3.8) is 0 Å². The Kier molecular flexibility index (Phi) is 15.1. The first-order valence-corrected chi connectivity index (χ1v) is 21.2. The van der Waals surface area contributed by atoms with Crippen molar-refractivity contribution in [3.05, 3.63) is 107 Å². The highest BCUT2D eigenvalue weighted by Crippen LogP contribution is 2.49. The number of carbonyl (C=O) groups is 3. The highest BCUT2D eigenvalue weighted by Gasteiger charge is 2.48. The van der Waals surface area contributed by atoms with Crippen molar-refractivity contribution in [3.8, 4) is 0 Å². The van der Waals surface area contributed by atoms with E-state index in [1.54, 1.807) is 29.2 Å². The molecule has 3 aromatic rings. The first-order chi connectivity index (χ1) is 26.4. The number of guanidine groups is 1. The Balaban J connectivity index is 1.36. The van der Waals surface area contributed by atoms with E-state index in [1.165, 1.54) is 0 Å². The molecule has 2 aliphatic rings. The van der Waals surface area contributed by atoms with E-state index in [0.29, 0.717) is 43.3 Å². The average Bonchev–Trinajstić information content (AvgIpc) is 3.19. The van der Waals surface area contributed by atoms with Crippen LogP contribution in [0.3, 0.4) is 0 Å². The van der Waals surface area contributed by atoms with Gasteiger partial charge >= 0.3 is 12.2 Å². The summed E-state index contributed by atoms with van der Waals surface area (Å²) in [7, 11) is -3.70. The molecule has 3 N–H and O–H groups in total. The van der Waals surface area contributed by atoms with Crippen molar-refractivity contribution in [1.29, 1.82) is 0 Å². The molecule has 0 bridgehead atoms. The minimum absolute atomic E-state index is 0.00912. The quantitative estimate of drug-likeness (QED) is 0.124. The number of aliphatic imine (C=N–C) groups is 1. The van der Waals surface area contributed by atoms with Gasteiger partial charge in [-0.15, -0.1) is 4.99 Å². The van der Waals surface area contributed by atoms with Crippen LogP contribution >= 0.6 is 11.6 Å². The van der Waals surface area contributed by atoms with Crippen molar-refractivity contribution < 1.29 is 32.3 Å². The van der Waals surface area contributed by atoms with Crippen LogP contribution in [-0.4, -0.2) is 68.8 Å². The summed E-state index contributed by atoms with van der Waals surface area (Å²) in [4.78, 5) is 46.2. The molecule has 1 saturated carbocycles. The van der Waals surface area contributed by atoms with Gasteiger partial charge in [0.05, 0.1) is 6.26 Å². The second-order valence-corrected chi connectivity index (χ2v) is 16.7. The van der Waals surface area contributed by atoms with E-state index >= 15 is 0 Å². The molecule has 55 heavy (non-hydrogen) atoms. The summed E-state index contributed by atoms with van der Waals surface area (Å²) in [6.45, 7) is 2.91. The minimum Gasteiger partial charge on any atom is -0.444 e. The number of rotatable bonds is 13. The lowest BCUT2D eigenvalue weighted by Gasteiger charge is -2.52. The molecule has 1 saturated heterocycles. The van der Waals surface area contributed by atoms with Crippen LogP contribution in [0, 0.1) is 11.3 Å². The fraction of sp³-hybridized carbons (Fsp3) is 0.463. The number of hydrogen-bond donors (Lipinski definition) is 3. The number of ether oxygens (including phenoxy) is 2. The lowest BCUT2D eigenvalue weighted by atomic mass is 9.59.